The molecule has 1 aromatic heterocycles. The minimum Gasteiger partial charge on any atom is -0.381 e. The standard InChI is InChI=1S/C17H29N3OS/c1-5-21-12-14-8-9-20(11-14)16(18-4)19-13-17(2,3)15-7-6-10-22-15/h6-7,10,14H,5,8-9,11-13H2,1-4H3,(H,18,19). The van der Waals surface area contributed by atoms with Crippen molar-refractivity contribution < 1.29 is 4.74 Å². The van der Waals surface area contributed by atoms with Crippen LogP contribution in [0.2, 0.25) is 0 Å². The lowest BCUT2D eigenvalue weighted by Crippen LogP contribution is -2.45. The van der Waals surface area contributed by atoms with Crippen LogP contribution in [0.1, 0.15) is 32.1 Å². The normalized spacial score (nSPS) is 19.7. The molecule has 2 rings (SSSR count). The van der Waals surface area contributed by atoms with Gasteiger partial charge in [-0.15, -0.1) is 11.3 Å². The molecule has 124 valence electrons. The van der Waals surface area contributed by atoms with Gasteiger partial charge in [-0.25, -0.2) is 0 Å². The third-order valence-corrected chi connectivity index (χ3v) is 5.47. The van der Waals surface area contributed by atoms with Crippen LogP contribution in [0.25, 0.3) is 0 Å². The third kappa shape index (κ3) is 4.46. The molecule has 0 bridgehead atoms. The number of hydrogen-bond donors (Lipinski definition) is 1. The molecule has 1 aliphatic rings. The predicted octanol–water partition coefficient (Wildman–Crippen LogP) is 2.96. The van der Waals surface area contributed by atoms with E-state index in [1.54, 1.807) is 0 Å². The lowest BCUT2D eigenvalue weighted by Gasteiger charge is -2.28. The predicted molar refractivity (Wildman–Crippen MR) is 94.9 cm³/mol. The number of hydrogen-bond acceptors (Lipinski definition) is 3. The second-order valence-corrected chi connectivity index (χ2v) is 7.47. The van der Waals surface area contributed by atoms with E-state index in [0.29, 0.717) is 5.92 Å². The molecule has 1 saturated heterocycles. The molecule has 0 spiro atoms. The Morgan fingerprint density at radius 2 is 2.36 bits per heavy atom. The van der Waals surface area contributed by atoms with Crippen LogP contribution in [0.15, 0.2) is 22.5 Å². The maximum Gasteiger partial charge on any atom is 0.193 e. The van der Waals surface area contributed by atoms with Gasteiger partial charge in [-0.2, -0.15) is 0 Å². The van der Waals surface area contributed by atoms with E-state index in [2.05, 4.69) is 53.5 Å². The van der Waals surface area contributed by atoms with Crippen molar-refractivity contribution in [2.45, 2.75) is 32.6 Å². The molecule has 1 fully saturated rings. The lowest BCUT2D eigenvalue weighted by molar-refractivity contribution is 0.114. The van der Waals surface area contributed by atoms with Crippen LogP contribution in [0.3, 0.4) is 0 Å². The Bertz CT molecular complexity index is 470. The summed E-state index contributed by atoms with van der Waals surface area (Å²) in [5.41, 5.74) is 0.120. The van der Waals surface area contributed by atoms with Gasteiger partial charge in [-0.3, -0.25) is 4.99 Å². The first kappa shape index (κ1) is 17.3. The van der Waals surface area contributed by atoms with E-state index in [9.17, 15) is 0 Å². The number of nitrogens with one attached hydrogen (secondary N) is 1. The highest BCUT2D eigenvalue weighted by molar-refractivity contribution is 7.10. The van der Waals surface area contributed by atoms with Gasteiger partial charge in [0.15, 0.2) is 5.96 Å². The fraction of sp³-hybridized carbons (Fsp3) is 0.706. The van der Waals surface area contributed by atoms with Crippen molar-refractivity contribution in [1.82, 2.24) is 10.2 Å². The summed E-state index contributed by atoms with van der Waals surface area (Å²) >= 11 is 1.82. The van der Waals surface area contributed by atoms with Crippen molar-refractivity contribution in [2.75, 3.05) is 39.9 Å². The Morgan fingerprint density at radius 3 is 3.00 bits per heavy atom. The highest BCUT2D eigenvalue weighted by Crippen LogP contribution is 2.26. The molecule has 0 amide bonds. The van der Waals surface area contributed by atoms with Crippen molar-refractivity contribution in [3.05, 3.63) is 22.4 Å². The second-order valence-electron chi connectivity index (χ2n) is 6.52. The zero-order chi connectivity index (χ0) is 16.0. The molecule has 5 heteroatoms. The number of thiophene rings is 1. The molecule has 1 atom stereocenters. The largest absolute Gasteiger partial charge is 0.381 e. The van der Waals surface area contributed by atoms with Gasteiger partial charge >= 0.3 is 0 Å². The zero-order valence-corrected chi connectivity index (χ0v) is 15.1. The Labute approximate surface area is 138 Å². The summed E-state index contributed by atoms with van der Waals surface area (Å²) in [5, 5.41) is 5.70. The SMILES string of the molecule is CCOCC1CCN(C(=NC)NCC(C)(C)c2cccs2)C1. The van der Waals surface area contributed by atoms with Crippen LogP contribution in [0.5, 0.6) is 0 Å². The molecular formula is C17H29N3OS. The van der Waals surface area contributed by atoms with Crippen molar-refractivity contribution in [3.63, 3.8) is 0 Å². The van der Waals surface area contributed by atoms with E-state index in [1.165, 1.54) is 11.3 Å². The molecule has 0 aliphatic carbocycles. The third-order valence-electron chi connectivity index (χ3n) is 4.23. The molecule has 4 nitrogen and oxygen atoms in total. The van der Waals surface area contributed by atoms with Gasteiger partial charge in [0.1, 0.15) is 0 Å². The molecule has 22 heavy (non-hydrogen) atoms. The summed E-state index contributed by atoms with van der Waals surface area (Å²) < 4.78 is 5.56. The number of rotatable bonds is 6. The summed E-state index contributed by atoms with van der Waals surface area (Å²) in [6, 6.07) is 4.33. The van der Waals surface area contributed by atoms with Crippen molar-refractivity contribution in [3.8, 4) is 0 Å². The van der Waals surface area contributed by atoms with E-state index < -0.39 is 0 Å². The van der Waals surface area contributed by atoms with E-state index in [4.69, 9.17) is 4.74 Å². The quantitative estimate of drug-likeness (QED) is 0.646. The van der Waals surface area contributed by atoms with Gasteiger partial charge in [-0.1, -0.05) is 19.9 Å². The number of aliphatic imine (C=N–C) groups is 1. The first-order valence-corrected chi connectivity index (χ1v) is 9.02. The Balaban J connectivity index is 1.86. The van der Waals surface area contributed by atoms with E-state index in [1.807, 2.05) is 18.4 Å². The van der Waals surface area contributed by atoms with Gasteiger partial charge < -0.3 is 15.0 Å². The Morgan fingerprint density at radius 1 is 1.55 bits per heavy atom. The van der Waals surface area contributed by atoms with E-state index in [-0.39, 0.29) is 5.41 Å². The Hall–Kier alpha value is -1.07. The Kier molecular flexibility index (Phi) is 6.26. The van der Waals surface area contributed by atoms with E-state index >= 15 is 0 Å². The van der Waals surface area contributed by atoms with Crippen LogP contribution in [-0.2, 0) is 10.2 Å². The van der Waals surface area contributed by atoms with Gasteiger partial charge in [0, 0.05) is 49.5 Å². The minimum absolute atomic E-state index is 0.120. The van der Waals surface area contributed by atoms with Gasteiger partial charge in [-0.05, 0) is 24.8 Å². The summed E-state index contributed by atoms with van der Waals surface area (Å²) in [5.74, 6) is 1.65. The van der Waals surface area contributed by atoms with Crippen LogP contribution in [-0.4, -0.2) is 50.8 Å². The fourth-order valence-corrected chi connectivity index (χ4v) is 3.68. The minimum atomic E-state index is 0.120. The van der Waals surface area contributed by atoms with Crippen molar-refractivity contribution >= 4 is 17.3 Å². The lowest BCUT2D eigenvalue weighted by atomic mass is 9.91. The molecule has 1 aliphatic heterocycles. The molecule has 0 saturated carbocycles. The average molecular weight is 324 g/mol. The molecular weight excluding hydrogens is 294 g/mol. The molecule has 1 aromatic rings. The molecule has 1 N–H and O–H groups in total. The molecule has 0 radical (unpaired) electrons. The number of guanidine groups is 1. The zero-order valence-electron chi connectivity index (χ0n) is 14.3. The van der Waals surface area contributed by atoms with Crippen LogP contribution in [0, 0.1) is 5.92 Å². The van der Waals surface area contributed by atoms with Crippen LogP contribution in [0.4, 0.5) is 0 Å². The first-order chi connectivity index (χ1) is 10.6. The monoisotopic (exact) mass is 323 g/mol. The molecule has 2 heterocycles. The highest BCUT2D eigenvalue weighted by Gasteiger charge is 2.27. The topological polar surface area (TPSA) is 36.9 Å². The van der Waals surface area contributed by atoms with Crippen molar-refractivity contribution in [1.29, 1.82) is 0 Å². The fourth-order valence-electron chi connectivity index (χ4n) is 2.83. The van der Waals surface area contributed by atoms with Crippen molar-refractivity contribution in [2.24, 2.45) is 10.9 Å². The van der Waals surface area contributed by atoms with Gasteiger partial charge in [0.25, 0.3) is 0 Å². The highest BCUT2D eigenvalue weighted by atomic mass is 32.1. The summed E-state index contributed by atoms with van der Waals surface area (Å²) in [4.78, 5) is 8.23. The maximum atomic E-state index is 5.56. The summed E-state index contributed by atoms with van der Waals surface area (Å²) in [6.07, 6.45) is 1.19. The smallest absolute Gasteiger partial charge is 0.193 e. The summed E-state index contributed by atoms with van der Waals surface area (Å²) in [7, 11) is 1.87. The number of likely N-dealkylation sites (tertiary alicyclic amines) is 1. The number of nitrogens with zero attached hydrogens (tertiary/aromatic N) is 2. The van der Waals surface area contributed by atoms with Gasteiger partial charge in [0.05, 0.1) is 6.61 Å². The summed E-state index contributed by atoms with van der Waals surface area (Å²) in [6.45, 7) is 11.3. The maximum absolute atomic E-state index is 5.56. The van der Waals surface area contributed by atoms with Gasteiger partial charge in [0.2, 0.25) is 0 Å². The second kappa shape index (κ2) is 7.97. The van der Waals surface area contributed by atoms with Crippen LogP contribution < -0.4 is 5.32 Å². The average Bonchev–Trinajstić information content (AvgIpc) is 3.18. The number of ether oxygens (including phenoxy) is 1. The van der Waals surface area contributed by atoms with E-state index in [0.717, 1.165) is 38.8 Å². The first-order valence-electron chi connectivity index (χ1n) is 8.14. The molecule has 0 aromatic carbocycles. The molecule has 1 unspecified atom stereocenters. The van der Waals surface area contributed by atoms with Crippen LogP contribution >= 0.6 is 11.3 Å².